The molecule has 0 aliphatic heterocycles. The second-order valence-corrected chi connectivity index (χ2v) is 7.25. The molecular weight excluding hydrogens is 278 g/mol. The fourth-order valence-corrected chi connectivity index (χ4v) is 2.73. The highest BCUT2D eigenvalue weighted by molar-refractivity contribution is 8.00. The summed E-state index contributed by atoms with van der Waals surface area (Å²) in [5.41, 5.74) is 7.11. The highest BCUT2D eigenvalue weighted by atomic mass is 32.2. The van der Waals surface area contributed by atoms with E-state index in [9.17, 15) is 9.59 Å². The normalized spacial score (nSPS) is 14.1. The molecule has 0 saturated heterocycles. The Kier molecular flexibility index (Phi) is 7.68. The summed E-state index contributed by atoms with van der Waals surface area (Å²) in [5, 5.41) is 3.15. The third kappa shape index (κ3) is 5.43. The van der Waals surface area contributed by atoms with Gasteiger partial charge in [0.15, 0.2) is 0 Å². The first-order valence-electron chi connectivity index (χ1n) is 6.64. The Bertz CT molecular complexity index is 400. The van der Waals surface area contributed by atoms with Crippen LogP contribution in [0.2, 0.25) is 0 Å². The maximum absolute atomic E-state index is 12.2. The van der Waals surface area contributed by atoms with E-state index in [1.807, 2.05) is 27.7 Å². The molecule has 0 fully saturated rings. The van der Waals surface area contributed by atoms with Gasteiger partial charge in [-0.05, 0) is 24.0 Å². The van der Waals surface area contributed by atoms with Crippen molar-refractivity contribution in [2.24, 2.45) is 10.5 Å². The lowest BCUT2D eigenvalue weighted by Gasteiger charge is -2.30. The Hall–Kier alpha value is -1.20. The number of thioether (sulfide) groups is 1. The Morgan fingerprint density at radius 1 is 1.30 bits per heavy atom. The van der Waals surface area contributed by atoms with Crippen LogP contribution in [0.25, 0.3) is 10.4 Å². The number of hydrogen-bond donors (Lipinski definition) is 0. The van der Waals surface area contributed by atoms with Crippen molar-refractivity contribution in [3.05, 3.63) is 10.4 Å². The van der Waals surface area contributed by atoms with Crippen LogP contribution in [-0.2, 0) is 14.3 Å². The lowest BCUT2D eigenvalue weighted by atomic mass is 9.84. The third-order valence-electron chi connectivity index (χ3n) is 2.64. The molecule has 0 heterocycles. The molecule has 0 spiro atoms. The van der Waals surface area contributed by atoms with Crippen molar-refractivity contribution in [2.45, 2.75) is 52.2 Å². The number of amides is 1. The van der Waals surface area contributed by atoms with E-state index in [1.54, 1.807) is 6.92 Å². The standard InChI is InChI=1S/C13H23N3O3S/c1-6-8-13(10(17)15-16-14,11(18)19-7-2)9-20-12(3,4)5/h6-9H2,1-5H3/t13-/m0/s1. The molecule has 0 aromatic heterocycles. The van der Waals surface area contributed by atoms with E-state index in [0.29, 0.717) is 12.8 Å². The molecule has 0 rings (SSSR count). The second kappa shape index (κ2) is 8.17. The average Bonchev–Trinajstić information content (AvgIpc) is 2.33. The minimum absolute atomic E-state index is 0.109. The predicted octanol–water partition coefficient (Wildman–Crippen LogP) is 3.70. The summed E-state index contributed by atoms with van der Waals surface area (Å²) in [5.74, 6) is -1.10. The fraction of sp³-hybridized carbons (Fsp3) is 0.846. The van der Waals surface area contributed by atoms with E-state index in [0.717, 1.165) is 0 Å². The fourth-order valence-electron chi connectivity index (χ4n) is 1.66. The summed E-state index contributed by atoms with van der Waals surface area (Å²) >= 11 is 1.48. The van der Waals surface area contributed by atoms with Crippen LogP contribution in [-0.4, -0.2) is 29.0 Å². The Morgan fingerprint density at radius 2 is 1.90 bits per heavy atom. The van der Waals surface area contributed by atoms with Crippen molar-refractivity contribution in [1.29, 1.82) is 0 Å². The third-order valence-corrected chi connectivity index (χ3v) is 4.14. The zero-order valence-electron chi connectivity index (χ0n) is 12.8. The van der Waals surface area contributed by atoms with Crippen LogP contribution >= 0.6 is 11.8 Å². The highest BCUT2D eigenvalue weighted by Crippen LogP contribution is 2.37. The molecule has 6 nitrogen and oxygen atoms in total. The van der Waals surface area contributed by atoms with Crippen LogP contribution in [0.1, 0.15) is 47.5 Å². The number of hydrogen-bond acceptors (Lipinski definition) is 4. The summed E-state index contributed by atoms with van der Waals surface area (Å²) in [6, 6.07) is 0. The van der Waals surface area contributed by atoms with E-state index >= 15 is 0 Å². The van der Waals surface area contributed by atoms with Crippen molar-refractivity contribution >= 4 is 23.6 Å². The molecule has 20 heavy (non-hydrogen) atoms. The summed E-state index contributed by atoms with van der Waals surface area (Å²) in [6.45, 7) is 9.74. The van der Waals surface area contributed by atoms with E-state index in [4.69, 9.17) is 10.3 Å². The predicted molar refractivity (Wildman–Crippen MR) is 80.3 cm³/mol. The molecule has 7 heteroatoms. The van der Waals surface area contributed by atoms with Crippen LogP contribution in [0, 0.1) is 5.41 Å². The summed E-state index contributed by atoms with van der Waals surface area (Å²) < 4.78 is 4.93. The molecule has 0 radical (unpaired) electrons. The van der Waals surface area contributed by atoms with Gasteiger partial charge in [0.1, 0.15) is 5.41 Å². The minimum Gasteiger partial charge on any atom is -0.465 e. The van der Waals surface area contributed by atoms with Gasteiger partial charge in [-0.1, -0.05) is 34.1 Å². The van der Waals surface area contributed by atoms with Crippen molar-refractivity contribution in [3.63, 3.8) is 0 Å². The van der Waals surface area contributed by atoms with Gasteiger partial charge in [0.25, 0.3) is 0 Å². The van der Waals surface area contributed by atoms with Crippen molar-refractivity contribution in [3.8, 4) is 0 Å². The van der Waals surface area contributed by atoms with Crippen LogP contribution in [0.15, 0.2) is 5.11 Å². The lowest BCUT2D eigenvalue weighted by molar-refractivity contribution is -0.158. The number of nitrogens with zero attached hydrogens (tertiary/aromatic N) is 3. The molecular formula is C13H23N3O3S. The molecule has 1 atom stereocenters. The minimum atomic E-state index is -1.38. The maximum Gasteiger partial charge on any atom is 0.320 e. The summed E-state index contributed by atoms with van der Waals surface area (Å²) in [6.07, 6.45) is 0.934. The molecule has 0 N–H and O–H groups in total. The Balaban J connectivity index is 5.48. The zero-order chi connectivity index (χ0) is 15.8. The summed E-state index contributed by atoms with van der Waals surface area (Å²) in [7, 11) is 0. The molecule has 0 aliphatic carbocycles. The van der Waals surface area contributed by atoms with Crippen LogP contribution in [0.5, 0.6) is 0 Å². The van der Waals surface area contributed by atoms with Gasteiger partial charge in [0.2, 0.25) is 5.91 Å². The highest BCUT2D eigenvalue weighted by Gasteiger charge is 2.46. The van der Waals surface area contributed by atoms with Crippen LogP contribution in [0.4, 0.5) is 0 Å². The van der Waals surface area contributed by atoms with Gasteiger partial charge in [0, 0.05) is 15.4 Å². The van der Waals surface area contributed by atoms with E-state index in [1.165, 1.54) is 11.8 Å². The molecule has 0 aromatic rings. The van der Waals surface area contributed by atoms with Gasteiger partial charge in [-0.25, -0.2) is 0 Å². The van der Waals surface area contributed by atoms with Gasteiger partial charge in [0.05, 0.1) is 6.61 Å². The quantitative estimate of drug-likeness (QED) is 0.235. The molecule has 0 unspecified atom stereocenters. The maximum atomic E-state index is 12.2. The van der Waals surface area contributed by atoms with Gasteiger partial charge in [-0.2, -0.15) is 11.8 Å². The molecule has 0 aromatic carbocycles. The van der Waals surface area contributed by atoms with Gasteiger partial charge in [-0.15, -0.1) is 0 Å². The number of ether oxygens (including phenoxy) is 1. The largest absolute Gasteiger partial charge is 0.465 e. The number of esters is 1. The molecule has 1 amide bonds. The Labute approximate surface area is 124 Å². The number of carbonyl (C=O) groups is 2. The van der Waals surface area contributed by atoms with E-state index < -0.39 is 17.3 Å². The zero-order valence-corrected chi connectivity index (χ0v) is 13.6. The number of azide groups is 1. The number of carbonyl (C=O) groups excluding carboxylic acids is 2. The van der Waals surface area contributed by atoms with Crippen LogP contribution in [0.3, 0.4) is 0 Å². The molecule has 0 bridgehead atoms. The first-order chi connectivity index (χ1) is 9.23. The average molecular weight is 301 g/mol. The first kappa shape index (κ1) is 18.8. The van der Waals surface area contributed by atoms with Gasteiger partial charge < -0.3 is 4.74 Å². The number of rotatable bonds is 7. The molecule has 0 aliphatic rings. The lowest BCUT2D eigenvalue weighted by Crippen LogP contribution is -2.43. The van der Waals surface area contributed by atoms with Crippen LogP contribution < -0.4 is 0 Å². The van der Waals surface area contributed by atoms with Crippen molar-refractivity contribution in [2.75, 3.05) is 12.4 Å². The van der Waals surface area contributed by atoms with Crippen molar-refractivity contribution < 1.29 is 14.3 Å². The molecule has 0 saturated carbocycles. The van der Waals surface area contributed by atoms with Crippen molar-refractivity contribution in [1.82, 2.24) is 0 Å². The topological polar surface area (TPSA) is 92.1 Å². The molecule has 114 valence electrons. The van der Waals surface area contributed by atoms with E-state index in [-0.39, 0.29) is 17.1 Å². The monoisotopic (exact) mass is 301 g/mol. The second-order valence-electron chi connectivity index (χ2n) is 5.45. The SMILES string of the molecule is CCC[C@](CSC(C)(C)C)(C(=O)N=[N+]=[N-])C(=O)OCC. The smallest absolute Gasteiger partial charge is 0.320 e. The van der Waals surface area contributed by atoms with E-state index in [2.05, 4.69) is 10.0 Å². The van der Waals surface area contributed by atoms with Gasteiger partial charge >= 0.3 is 5.97 Å². The Morgan fingerprint density at radius 3 is 2.30 bits per heavy atom. The van der Waals surface area contributed by atoms with Gasteiger partial charge in [-0.3, -0.25) is 9.59 Å². The summed E-state index contributed by atoms with van der Waals surface area (Å²) in [4.78, 5) is 26.9. The first-order valence-corrected chi connectivity index (χ1v) is 7.62.